The topological polar surface area (TPSA) is 118 Å². The number of rotatable bonds is 8. The maximum Gasteiger partial charge on any atom is 0.412 e. The first-order valence-corrected chi connectivity index (χ1v) is 9.56. The minimum Gasteiger partial charge on any atom is -0.453 e. The van der Waals surface area contributed by atoms with Gasteiger partial charge in [-0.2, -0.15) is 0 Å². The van der Waals surface area contributed by atoms with Gasteiger partial charge >= 0.3 is 6.09 Å². The number of nitrogens with two attached hydrogens (primary N) is 1. The van der Waals surface area contributed by atoms with Crippen LogP contribution in [0.4, 0.5) is 21.9 Å². The van der Waals surface area contributed by atoms with Gasteiger partial charge in [0.15, 0.2) is 0 Å². The predicted molar refractivity (Wildman–Crippen MR) is 115 cm³/mol. The van der Waals surface area contributed by atoms with Gasteiger partial charge in [-0.3, -0.25) is 5.32 Å². The Morgan fingerprint density at radius 2 is 1.97 bits per heavy atom. The molecule has 0 radical (unpaired) electrons. The molecule has 2 aromatic rings. The lowest BCUT2D eigenvalue weighted by molar-refractivity contribution is 0.177. The Morgan fingerprint density at radius 1 is 1.24 bits per heavy atom. The molecule has 0 fully saturated rings. The number of hydrogen-bond donors (Lipinski definition) is 3. The van der Waals surface area contributed by atoms with Crippen molar-refractivity contribution in [3.8, 4) is 5.75 Å². The third-order valence-corrected chi connectivity index (χ3v) is 4.73. The van der Waals surface area contributed by atoms with Gasteiger partial charge in [-0.1, -0.05) is 0 Å². The molecule has 0 heterocycles. The van der Waals surface area contributed by atoms with Gasteiger partial charge in [0, 0.05) is 38.2 Å². The summed E-state index contributed by atoms with van der Waals surface area (Å²) in [6.07, 6.45) is 3.71. The molecule has 0 bridgehead atoms. The molecule has 0 aliphatic rings. The summed E-state index contributed by atoms with van der Waals surface area (Å²) in [4.78, 5) is 17.6. The number of ether oxygens (including phenoxy) is 1. The fourth-order valence-corrected chi connectivity index (χ4v) is 2.97. The van der Waals surface area contributed by atoms with Crippen LogP contribution in [0.3, 0.4) is 0 Å². The molecule has 9 nitrogen and oxygen atoms in total. The largest absolute Gasteiger partial charge is 0.453 e. The Labute approximate surface area is 171 Å². The van der Waals surface area contributed by atoms with Crippen molar-refractivity contribution < 1.29 is 17.9 Å². The van der Waals surface area contributed by atoms with Crippen molar-refractivity contribution in [2.24, 2.45) is 10.7 Å². The molecule has 0 aromatic heterocycles. The average molecular weight is 417 g/mol. The number of carbonyl (C=O) groups excluding carboxylic acids is 1. The van der Waals surface area contributed by atoms with Gasteiger partial charge in [0.25, 0.3) is 0 Å². The second-order valence-corrected chi connectivity index (χ2v) is 6.69. The van der Waals surface area contributed by atoms with E-state index in [4.69, 9.17) is 9.92 Å². The first-order valence-electron chi connectivity index (χ1n) is 8.48. The molecular weight excluding hydrogens is 394 g/mol. The summed E-state index contributed by atoms with van der Waals surface area (Å²) < 4.78 is 22.6. The minimum atomic E-state index is -1.71. The van der Waals surface area contributed by atoms with Crippen molar-refractivity contribution in [2.75, 3.05) is 31.4 Å². The van der Waals surface area contributed by atoms with Crippen molar-refractivity contribution in [2.45, 2.75) is 4.90 Å². The number of alkyl carbamates (subject to hydrolysis) is 1. The van der Waals surface area contributed by atoms with E-state index in [9.17, 15) is 9.00 Å². The summed E-state index contributed by atoms with van der Waals surface area (Å²) in [5.74, 6) is 0.361. The van der Waals surface area contributed by atoms with Gasteiger partial charge < -0.3 is 24.9 Å². The monoisotopic (exact) mass is 417 g/mol. The molecule has 29 heavy (non-hydrogen) atoms. The molecule has 154 valence electrons. The van der Waals surface area contributed by atoms with E-state index in [0.29, 0.717) is 22.0 Å². The van der Waals surface area contributed by atoms with E-state index in [1.165, 1.54) is 19.6 Å². The number of amides is 1. The van der Waals surface area contributed by atoms with E-state index in [-0.39, 0.29) is 0 Å². The number of hydrogen-bond acceptors (Lipinski definition) is 8. The van der Waals surface area contributed by atoms with Gasteiger partial charge in [-0.05, 0) is 36.4 Å². The third-order valence-electron chi connectivity index (χ3n) is 3.73. The third kappa shape index (κ3) is 6.25. The van der Waals surface area contributed by atoms with Crippen molar-refractivity contribution in [3.05, 3.63) is 54.9 Å². The van der Waals surface area contributed by atoms with Crippen LogP contribution in [0.5, 0.6) is 5.75 Å². The molecule has 10 heteroatoms. The van der Waals surface area contributed by atoms with Crippen LogP contribution in [0.15, 0.2) is 64.8 Å². The quantitative estimate of drug-likeness (QED) is 0.446. The Bertz CT molecular complexity index is 915. The van der Waals surface area contributed by atoms with Crippen LogP contribution in [0.1, 0.15) is 0 Å². The molecule has 0 spiro atoms. The standard InChI is InChI=1S/C19H23N5O4S/c1-21-17-9-6-15(12-18(17)22-13-23-19(25)27-3)28-29(26)16-7-4-14(5-8-16)24(2)11-10-20/h4-13,21H,20H2,1-3H3,(H,22,23,25)/b11-10-. The van der Waals surface area contributed by atoms with E-state index < -0.39 is 17.2 Å². The molecule has 2 rings (SSSR count). The smallest absolute Gasteiger partial charge is 0.412 e. The van der Waals surface area contributed by atoms with E-state index >= 15 is 0 Å². The zero-order chi connectivity index (χ0) is 21.2. The predicted octanol–water partition coefficient (Wildman–Crippen LogP) is 2.71. The molecule has 1 atom stereocenters. The van der Waals surface area contributed by atoms with E-state index in [0.717, 1.165) is 5.69 Å². The first kappa shape index (κ1) is 21.8. The molecule has 4 N–H and O–H groups in total. The van der Waals surface area contributed by atoms with E-state index in [1.54, 1.807) is 43.6 Å². The molecule has 0 aliphatic carbocycles. The maximum absolute atomic E-state index is 12.5. The molecule has 0 saturated heterocycles. The molecule has 0 aliphatic heterocycles. The summed E-state index contributed by atoms with van der Waals surface area (Å²) >= 11 is -1.71. The van der Waals surface area contributed by atoms with Gasteiger partial charge in [-0.25, -0.2) is 14.0 Å². The van der Waals surface area contributed by atoms with Crippen LogP contribution in [-0.4, -0.2) is 37.8 Å². The summed E-state index contributed by atoms with van der Waals surface area (Å²) in [7, 11) is 4.84. The van der Waals surface area contributed by atoms with Crippen LogP contribution in [-0.2, 0) is 15.8 Å². The SMILES string of the molecule is CNc1ccc(OS(=O)c2ccc(N(C)/C=C\N)cc2)cc1N=CNC(=O)OC. The number of carbonyl (C=O) groups is 1. The Kier molecular flexibility index (Phi) is 8.04. The second kappa shape index (κ2) is 10.7. The number of nitrogens with zero attached hydrogens (tertiary/aromatic N) is 2. The minimum absolute atomic E-state index is 0.361. The zero-order valence-electron chi connectivity index (χ0n) is 16.3. The summed E-state index contributed by atoms with van der Waals surface area (Å²) in [5, 5.41) is 5.32. The Hall–Kier alpha value is -3.53. The number of benzene rings is 2. The van der Waals surface area contributed by atoms with Crippen LogP contribution < -0.4 is 25.5 Å². The van der Waals surface area contributed by atoms with Crippen LogP contribution in [0, 0.1) is 0 Å². The number of methoxy groups -OCH3 is 1. The summed E-state index contributed by atoms with van der Waals surface area (Å²) in [6.45, 7) is 0. The highest BCUT2D eigenvalue weighted by Gasteiger charge is 2.10. The molecular formula is C19H23N5O4S. The van der Waals surface area contributed by atoms with E-state index in [1.807, 2.05) is 24.1 Å². The van der Waals surface area contributed by atoms with Gasteiger partial charge in [-0.15, -0.1) is 0 Å². The lowest BCUT2D eigenvalue weighted by Gasteiger charge is -2.14. The van der Waals surface area contributed by atoms with Crippen molar-refractivity contribution in [1.29, 1.82) is 0 Å². The fourth-order valence-electron chi connectivity index (χ4n) is 2.24. The Balaban J connectivity index is 2.13. The van der Waals surface area contributed by atoms with Crippen LogP contribution >= 0.6 is 0 Å². The Morgan fingerprint density at radius 3 is 2.59 bits per heavy atom. The lowest BCUT2D eigenvalue weighted by Crippen LogP contribution is -2.20. The number of anilines is 2. The lowest BCUT2D eigenvalue weighted by atomic mass is 10.2. The van der Waals surface area contributed by atoms with Crippen molar-refractivity contribution in [1.82, 2.24) is 5.32 Å². The van der Waals surface area contributed by atoms with Gasteiger partial charge in [0.05, 0.1) is 29.7 Å². The fraction of sp³-hybridized carbons (Fsp3) is 0.158. The number of nitrogens with one attached hydrogen (secondary N) is 2. The molecule has 2 aromatic carbocycles. The van der Waals surface area contributed by atoms with Gasteiger partial charge in [0.1, 0.15) is 5.75 Å². The highest BCUT2D eigenvalue weighted by Crippen LogP contribution is 2.30. The molecule has 1 unspecified atom stereocenters. The van der Waals surface area contributed by atoms with Gasteiger partial charge in [0.2, 0.25) is 11.1 Å². The van der Waals surface area contributed by atoms with Crippen molar-refractivity contribution >= 4 is 40.6 Å². The maximum atomic E-state index is 12.5. The highest BCUT2D eigenvalue weighted by atomic mass is 32.2. The second-order valence-electron chi connectivity index (χ2n) is 5.59. The molecule has 0 saturated carbocycles. The van der Waals surface area contributed by atoms with E-state index in [2.05, 4.69) is 20.4 Å². The number of aliphatic imine (C=N–C) groups is 1. The van der Waals surface area contributed by atoms with Crippen LogP contribution in [0.2, 0.25) is 0 Å². The van der Waals surface area contributed by atoms with Crippen molar-refractivity contribution in [3.63, 3.8) is 0 Å². The normalized spacial score (nSPS) is 12.0. The highest BCUT2D eigenvalue weighted by molar-refractivity contribution is 7.80. The first-order chi connectivity index (χ1) is 14.0. The molecule has 1 amide bonds. The summed E-state index contributed by atoms with van der Waals surface area (Å²) in [5.41, 5.74) is 7.46. The summed E-state index contributed by atoms with van der Waals surface area (Å²) in [6, 6.07) is 12.1. The van der Waals surface area contributed by atoms with Crippen LogP contribution in [0.25, 0.3) is 0 Å². The zero-order valence-corrected chi connectivity index (χ0v) is 17.1. The average Bonchev–Trinajstić information content (AvgIpc) is 2.74.